The Kier molecular flexibility index (Phi) is 5.80. The molecule has 1 aromatic carbocycles. The lowest BCUT2D eigenvalue weighted by molar-refractivity contribution is -0.115. The Morgan fingerprint density at radius 2 is 1.91 bits per heavy atom. The van der Waals surface area contributed by atoms with Crippen LogP contribution in [0.2, 0.25) is 0 Å². The van der Waals surface area contributed by atoms with Crippen molar-refractivity contribution in [2.75, 3.05) is 11.9 Å². The van der Waals surface area contributed by atoms with Gasteiger partial charge in [0, 0.05) is 19.5 Å². The molecule has 1 heterocycles. The van der Waals surface area contributed by atoms with Gasteiger partial charge in [-0.15, -0.1) is 10.2 Å². The third-order valence-corrected chi connectivity index (χ3v) is 6.19. The number of benzene rings is 1. The molecule has 0 aliphatic rings. The fourth-order valence-electron chi connectivity index (χ4n) is 1.84. The van der Waals surface area contributed by atoms with Crippen LogP contribution in [0.15, 0.2) is 34.7 Å². The van der Waals surface area contributed by atoms with Gasteiger partial charge in [-0.2, -0.15) is 4.31 Å². The molecule has 1 aromatic heterocycles. The standard InChI is InChI=1S/C14H18N4O3S2/c1-3-12(19)15-13-16-17-14(22-13)23(20,21)18(4-2)10-11-8-6-5-7-9-11/h5-9H,3-4,10H2,1-2H3,(H,15,16,19). The highest BCUT2D eigenvalue weighted by molar-refractivity contribution is 7.91. The van der Waals surface area contributed by atoms with Gasteiger partial charge in [0.05, 0.1) is 0 Å². The van der Waals surface area contributed by atoms with Crippen LogP contribution in [-0.4, -0.2) is 35.4 Å². The van der Waals surface area contributed by atoms with Crippen molar-refractivity contribution in [1.29, 1.82) is 0 Å². The maximum Gasteiger partial charge on any atom is 0.272 e. The molecular formula is C14H18N4O3S2. The van der Waals surface area contributed by atoms with Gasteiger partial charge < -0.3 is 5.32 Å². The zero-order chi connectivity index (χ0) is 16.9. The number of nitrogens with one attached hydrogen (secondary N) is 1. The molecule has 0 atom stereocenters. The molecule has 0 saturated carbocycles. The summed E-state index contributed by atoms with van der Waals surface area (Å²) >= 11 is 0.854. The SMILES string of the molecule is CCC(=O)Nc1nnc(S(=O)(=O)N(CC)Cc2ccccc2)s1. The molecule has 1 amide bonds. The van der Waals surface area contributed by atoms with E-state index in [0.29, 0.717) is 6.54 Å². The van der Waals surface area contributed by atoms with E-state index in [2.05, 4.69) is 15.5 Å². The molecule has 0 spiro atoms. The largest absolute Gasteiger partial charge is 0.301 e. The Morgan fingerprint density at radius 3 is 2.52 bits per heavy atom. The number of carbonyl (C=O) groups excluding carboxylic acids is 1. The molecule has 0 saturated heterocycles. The normalized spacial score (nSPS) is 11.6. The average Bonchev–Trinajstić information content (AvgIpc) is 3.02. The van der Waals surface area contributed by atoms with E-state index >= 15 is 0 Å². The van der Waals surface area contributed by atoms with Gasteiger partial charge in [0.1, 0.15) is 0 Å². The van der Waals surface area contributed by atoms with Crippen LogP contribution in [0.3, 0.4) is 0 Å². The topological polar surface area (TPSA) is 92.3 Å². The molecule has 1 N–H and O–H groups in total. The summed E-state index contributed by atoms with van der Waals surface area (Å²) in [6.07, 6.45) is 0.288. The van der Waals surface area contributed by atoms with Crippen molar-refractivity contribution >= 4 is 32.4 Å². The van der Waals surface area contributed by atoms with Crippen molar-refractivity contribution in [3.8, 4) is 0 Å². The first-order valence-corrected chi connectivity index (χ1v) is 9.40. The molecular weight excluding hydrogens is 336 g/mol. The van der Waals surface area contributed by atoms with E-state index in [1.807, 2.05) is 30.3 Å². The highest BCUT2D eigenvalue weighted by Gasteiger charge is 2.27. The zero-order valence-electron chi connectivity index (χ0n) is 12.9. The van der Waals surface area contributed by atoms with Crippen molar-refractivity contribution in [2.45, 2.75) is 31.2 Å². The lowest BCUT2D eigenvalue weighted by Gasteiger charge is -2.18. The second-order valence-electron chi connectivity index (χ2n) is 4.69. The van der Waals surface area contributed by atoms with Gasteiger partial charge >= 0.3 is 0 Å². The number of carbonyl (C=O) groups is 1. The van der Waals surface area contributed by atoms with Gasteiger partial charge in [-0.25, -0.2) is 8.42 Å². The van der Waals surface area contributed by atoms with Crippen molar-refractivity contribution < 1.29 is 13.2 Å². The number of anilines is 1. The lowest BCUT2D eigenvalue weighted by atomic mass is 10.2. The predicted molar refractivity (Wildman–Crippen MR) is 88.5 cm³/mol. The molecule has 9 heteroatoms. The average molecular weight is 354 g/mol. The number of amides is 1. The van der Waals surface area contributed by atoms with E-state index in [1.165, 1.54) is 4.31 Å². The van der Waals surface area contributed by atoms with Gasteiger partial charge in [0.25, 0.3) is 10.0 Å². The maximum atomic E-state index is 12.7. The van der Waals surface area contributed by atoms with Crippen LogP contribution in [0.1, 0.15) is 25.8 Å². The van der Waals surface area contributed by atoms with Crippen molar-refractivity contribution in [1.82, 2.24) is 14.5 Å². The summed E-state index contributed by atoms with van der Waals surface area (Å²) in [4.78, 5) is 11.3. The third kappa shape index (κ3) is 4.34. The molecule has 2 rings (SSSR count). The van der Waals surface area contributed by atoms with Gasteiger partial charge in [-0.3, -0.25) is 4.79 Å². The third-order valence-electron chi connectivity index (χ3n) is 3.09. The second-order valence-corrected chi connectivity index (χ2v) is 7.78. The Bertz CT molecular complexity index is 759. The van der Waals surface area contributed by atoms with Crippen molar-refractivity contribution in [3.05, 3.63) is 35.9 Å². The van der Waals surface area contributed by atoms with E-state index in [0.717, 1.165) is 16.9 Å². The Balaban J connectivity index is 2.20. The minimum atomic E-state index is -3.74. The summed E-state index contributed by atoms with van der Waals surface area (Å²) in [7, 11) is -3.74. The van der Waals surface area contributed by atoms with E-state index in [4.69, 9.17) is 0 Å². The summed E-state index contributed by atoms with van der Waals surface area (Å²) in [5, 5.41) is 10.1. The van der Waals surface area contributed by atoms with Gasteiger partial charge in [-0.1, -0.05) is 55.5 Å². The van der Waals surface area contributed by atoms with Gasteiger partial charge in [0.2, 0.25) is 15.4 Å². The van der Waals surface area contributed by atoms with Crippen LogP contribution < -0.4 is 5.32 Å². The molecule has 0 aliphatic heterocycles. The molecule has 0 unspecified atom stereocenters. The number of rotatable bonds is 7. The summed E-state index contributed by atoms with van der Waals surface area (Å²) in [5.74, 6) is -0.235. The van der Waals surface area contributed by atoms with Crippen LogP contribution in [0.25, 0.3) is 0 Å². The number of aromatic nitrogens is 2. The summed E-state index contributed by atoms with van der Waals surface area (Å²) in [5.41, 5.74) is 0.891. The highest BCUT2D eigenvalue weighted by Crippen LogP contribution is 2.24. The van der Waals surface area contributed by atoms with Crippen molar-refractivity contribution in [2.24, 2.45) is 0 Å². The molecule has 2 aromatic rings. The number of hydrogen-bond acceptors (Lipinski definition) is 6. The Labute approximate surface area is 139 Å². The van der Waals surface area contributed by atoms with E-state index in [-0.39, 0.29) is 28.3 Å². The molecule has 0 radical (unpaired) electrons. The smallest absolute Gasteiger partial charge is 0.272 e. The van der Waals surface area contributed by atoms with E-state index < -0.39 is 10.0 Å². The first-order chi connectivity index (χ1) is 11.0. The van der Waals surface area contributed by atoms with Crippen LogP contribution in [0, 0.1) is 0 Å². The fourth-order valence-corrected chi connectivity index (χ4v) is 4.33. The summed E-state index contributed by atoms with van der Waals surface area (Å²) < 4.78 is 26.5. The minimum Gasteiger partial charge on any atom is -0.301 e. The van der Waals surface area contributed by atoms with Crippen LogP contribution in [0.4, 0.5) is 5.13 Å². The Hall–Kier alpha value is -1.84. The fraction of sp³-hybridized carbons (Fsp3) is 0.357. The minimum absolute atomic E-state index is 0.123. The first-order valence-electron chi connectivity index (χ1n) is 7.14. The number of nitrogens with zero attached hydrogens (tertiary/aromatic N) is 3. The molecule has 0 aliphatic carbocycles. The molecule has 124 valence electrons. The Morgan fingerprint density at radius 1 is 1.22 bits per heavy atom. The predicted octanol–water partition coefficient (Wildman–Crippen LogP) is 2.10. The van der Waals surface area contributed by atoms with Gasteiger partial charge in [0.15, 0.2) is 0 Å². The molecule has 0 bridgehead atoms. The highest BCUT2D eigenvalue weighted by atomic mass is 32.2. The summed E-state index contributed by atoms with van der Waals surface area (Å²) in [6.45, 7) is 4.04. The van der Waals surface area contributed by atoms with Crippen LogP contribution in [0.5, 0.6) is 0 Å². The lowest BCUT2D eigenvalue weighted by Crippen LogP contribution is -2.30. The van der Waals surface area contributed by atoms with Gasteiger partial charge in [-0.05, 0) is 5.56 Å². The van der Waals surface area contributed by atoms with Crippen LogP contribution >= 0.6 is 11.3 Å². The first kappa shape index (κ1) is 17.5. The van der Waals surface area contributed by atoms with E-state index in [9.17, 15) is 13.2 Å². The number of hydrogen-bond donors (Lipinski definition) is 1. The summed E-state index contributed by atoms with van der Waals surface area (Å²) in [6, 6.07) is 9.33. The van der Waals surface area contributed by atoms with Crippen LogP contribution in [-0.2, 0) is 21.4 Å². The molecule has 7 nitrogen and oxygen atoms in total. The number of sulfonamides is 1. The quantitative estimate of drug-likeness (QED) is 0.769. The molecule has 23 heavy (non-hydrogen) atoms. The second kappa shape index (κ2) is 7.62. The van der Waals surface area contributed by atoms with Crippen molar-refractivity contribution in [3.63, 3.8) is 0 Å². The maximum absolute atomic E-state index is 12.7. The monoisotopic (exact) mass is 354 g/mol. The zero-order valence-corrected chi connectivity index (χ0v) is 14.5. The van der Waals surface area contributed by atoms with E-state index in [1.54, 1.807) is 13.8 Å². The molecule has 0 fully saturated rings.